The van der Waals surface area contributed by atoms with E-state index in [-0.39, 0.29) is 5.91 Å². The molecule has 1 amide bonds. The molecule has 1 heterocycles. The lowest BCUT2D eigenvalue weighted by molar-refractivity contribution is -0.116. The number of para-hydroxylation sites is 2. The van der Waals surface area contributed by atoms with Crippen molar-refractivity contribution < 1.29 is 4.79 Å². The van der Waals surface area contributed by atoms with E-state index in [1.807, 2.05) is 30.7 Å². The van der Waals surface area contributed by atoms with Gasteiger partial charge < -0.3 is 14.8 Å². The molecule has 1 N–H and O–H groups in total. The highest BCUT2D eigenvalue weighted by molar-refractivity contribution is 5.93. The average molecular weight is 433 g/mol. The molecule has 0 unspecified atom stereocenters. The summed E-state index contributed by atoms with van der Waals surface area (Å²) in [7, 11) is 0. The molecular formula is C27H36N4O. The lowest BCUT2D eigenvalue weighted by Crippen LogP contribution is -2.29. The van der Waals surface area contributed by atoms with E-state index in [1.165, 1.54) is 11.1 Å². The fourth-order valence-corrected chi connectivity index (χ4v) is 4.01. The van der Waals surface area contributed by atoms with Crippen LogP contribution in [0.4, 0.5) is 11.4 Å². The third-order valence-corrected chi connectivity index (χ3v) is 5.77. The maximum Gasteiger partial charge on any atom is 0.226 e. The van der Waals surface area contributed by atoms with Gasteiger partial charge >= 0.3 is 0 Å². The van der Waals surface area contributed by atoms with E-state index in [9.17, 15) is 4.79 Å². The number of carbonyl (C=O) groups is 1. The molecule has 0 atom stereocenters. The maximum atomic E-state index is 13.0. The van der Waals surface area contributed by atoms with Gasteiger partial charge in [-0.05, 0) is 41.5 Å². The summed E-state index contributed by atoms with van der Waals surface area (Å²) >= 11 is 0. The van der Waals surface area contributed by atoms with Gasteiger partial charge in [0.1, 0.15) is 0 Å². The van der Waals surface area contributed by atoms with Crippen molar-refractivity contribution in [3.63, 3.8) is 0 Å². The zero-order chi connectivity index (χ0) is 22.9. The molecule has 0 aliphatic rings. The number of hydrogen-bond acceptors (Lipinski definition) is 3. The zero-order valence-electron chi connectivity index (χ0n) is 19.8. The van der Waals surface area contributed by atoms with Gasteiger partial charge in [0.2, 0.25) is 5.91 Å². The second-order valence-electron chi connectivity index (χ2n) is 8.90. The molecule has 1 aromatic heterocycles. The summed E-state index contributed by atoms with van der Waals surface area (Å²) in [4.78, 5) is 19.4. The largest absolute Gasteiger partial charge is 0.371 e. The van der Waals surface area contributed by atoms with Crippen molar-refractivity contribution in [1.29, 1.82) is 0 Å². The Labute approximate surface area is 192 Å². The molecular weight excluding hydrogens is 396 g/mol. The molecule has 0 aliphatic heterocycles. The minimum Gasteiger partial charge on any atom is -0.371 e. The van der Waals surface area contributed by atoms with Gasteiger partial charge in [0, 0.05) is 49.8 Å². The molecule has 5 heteroatoms. The average Bonchev–Trinajstić information content (AvgIpc) is 3.30. The smallest absolute Gasteiger partial charge is 0.226 e. The first-order chi connectivity index (χ1) is 15.5. The lowest BCUT2D eigenvalue weighted by atomic mass is 9.92. The number of nitrogens with one attached hydrogen (secondary N) is 1. The second-order valence-corrected chi connectivity index (χ2v) is 8.90. The monoisotopic (exact) mass is 432 g/mol. The Morgan fingerprint density at radius 3 is 2.25 bits per heavy atom. The molecule has 0 aliphatic carbocycles. The molecule has 170 valence electrons. The van der Waals surface area contributed by atoms with Crippen LogP contribution in [0.2, 0.25) is 0 Å². The van der Waals surface area contributed by atoms with Crippen LogP contribution >= 0.6 is 0 Å². The van der Waals surface area contributed by atoms with E-state index in [0.29, 0.717) is 24.8 Å². The lowest BCUT2D eigenvalue weighted by Gasteiger charge is -2.25. The molecule has 0 radical (unpaired) electrons. The van der Waals surface area contributed by atoms with Gasteiger partial charge in [-0.2, -0.15) is 0 Å². The molecule has 0 spiro atoms. The van der Waals surface area contributed by atoms with Gasteiger partial charge in [0.25, 0.3) is 0 Å². The number of amides is 1. The summed E-state index contributed by atoms with van der Waals surface area (Å²) < 4.78 is 2.09. The summed E-state index contributed by atoms with van der Waals surface area (Å²) in [6.07, 6.45) is 7.07. The standard InChI is InChI=1S/C27H36N4O/c1-21(2)24-12-8-13-25(22(3)4)27(24)29-26(32)14-18-31(23-10-6-5-7-11-23)17-9-16-30-19-15-28-20-30/h5-8,10-13,15,19-22H,9,14,16-18H2,1-4H3,(H,29,32). The van der Waals surface area contributed by atoms with Gasteiger partial charge in [0.15, 0.2) is 0 Å². The minimum atomic E-state index is 0.0653. The molecule has 0 fully saturated rings. The van der Waals surface area contributed by atoms with Crippen molar-refractivity contribution >= 4 is 17.3 Å². The molecule has 32 heavy (non-hydrogen) atoms. The summed E-state index contributed by atoms with van der Waals surface area (Å²) in [5.74, 6) is 0.775. The van der Waals surface area contributed by atoms with E-state index in [4.69, 9.17) is 0 Å². The Hall–Kier alpha value is -3.08. The van der Waals surface area contributed by atoms with Crippen molar-refractivity contribution in [3.8, 4) is 0 Å². The van der Waals surface area contributed by atoms with Gasteiger partial charge in [-0.15, -0.1) is 0 Å². The Balaban J connectivity index is 1.66. The fraction of sp³-hybridized carbons (Fsp3) is 0.407. The first kappa shape index (κ1) is 23.6. The van der Waals surface area contributed by atoms with Gasteiger partial charge in [0.05, 0.1) is 6.33 Å². The van der Waals surface area contributed by atoms with Gasteiger partial charge in [-0.25, -0.2) is 4.98 Å². The topological polar surface area (TPSA) is 50.2 Å². The number of aryl methyl sites for hydroxylation is 1. The Kier molecular flexibility index (Phi) is 8.48. The SMILES string of the molecule is CC(C)c1cccc(C(C)C)c1NC(=O)CCN(CCCn1ccnc1)c1ccccc1. The van der Waals surface area contributed by atoms with E-state index < -0.39 is 0 Å². The van der Waals surface area contributed by atoms with Crippen LogP contribution in [0.5, 0.6) is 0 Å². The summed E-state index contributed by atoms with van der Waals surface area (Å²) in [5, 5.41) is 3.25. The van der Waals surface area contributed by atoms with Crippen molar-refractivity contribution in [3.05, 3.63) is 78.4 Å². The number of benzene rings is 2. The normalized spacial score (nSPS) is 11.2. The predicted octanol–water partition coefficient (Wildman–Crippen LogP) is 6.06. The van der Waals surface area contributed by atoms with Gasteiger partial charge in [-0.1, -0.05) is 64.1 Å². The molecule has 0 saturated heterocycles. The summed E-state index contributed by atoms with van der Waals surface area (Å²) in [6.45, 7) is 11.2. The fourth-order valence-electron chi connectivity index (χ4n) is 4.01. The summed E-state index contributed by atoms with van der Waals surface area (Å²) in [5.41, 5.74) is 4.54. The molecule has 0 bridgehead atoms. The quantitative estimate of drug-likeness (QED) is 0.401. The number of imidazole rings is 1. The van der Waals surface area contributed by atoms with Gasteiger partial charge in [-0.3, -0.25) is 4.79 Å². The van der Waals surface area contributed by atoms with E-state index in [2.05, 4.69) is 77.8 Å². The van der Waals surface area contributed by atoms with Crippen molar-refractivity contribution in [2.24, 2.45) is 0 Å². The third-order valence-electron chi connectivity index (χ3n) is 5.77. The van der Waals surface area contributed by atoms with Crippen LogP contribution < -0.4 is 10.2 Å². The van der Waals surface area contributed by atoms with Crippen LogP contribution in [0, 0.1) is 0 Å². The van der Waals surface area contributed by atoms with Crippen LogP contribution in [-0.4, -0.2) is 28.5 Å². The van der Waals surface area contributed by atoms with E-state index in [1.54, 1.807) is 6.20 Å². The number of nitrogens with zero attached hydrogens (tertiary/aromatic N) is 3. The first-order valence-corrected chi connectivity index (χ1v) is 11.6. The van der Waals surface area contributed by atoms with Crippen LogP contribution in [0.25, 0.3) is 0 Å². The molecule has 0 saturated carbocycles. The number of aromatic nitrogens is 2. The minimum absolute atomic E-state index is 0.0653. The number of anilines is 2. The number of carbonyl (C=O) groups excluding carboxylic acids is 1. The highest BCUT2D eigenvalue weighted by Crippen LogP contribution is 2.32. The van der Waals surface area contributed by atoms with Crippen LogP contribution in [0.15, 0.2) is 67.3 Å². The second kappa shape index (κ2) is 11.5. The van der Waals surface area contributed by atoms with E-state index in [0.717, 1.165) is 30.9 Å². The Morgan fingerprint density at radius 1 is 0.969 bits per heavy atom. The number of rotatable bonds is 11. The molecule has 3 aromatic rings. The first-order valence-electron chi connectivity index (χ1n) is 11.6. The molecule has 3 rings (SSSR count). The van der Waals surface area contributed by atoms with Crippen LogP contribution in [0.3, 0.4) is 0 Å². The molecule has 5 nitrogen and oxygen atoms in total. The van der Waals surface area contributed by atoms with Crippen molar-refractivity contribution in [2.75, 3.05) is 23.3 Å². The van der Waals surface area contributed by atoms with E-state index >= 15 is 0 Å². The highest BCUT2D eigenvalue weighted by atomic mass is 16.1. The zero-order valence-corrected chi connectivity index (χ0v) is 19.8. The predicted molar refractivity (Wildman–Crippen MR) is 133 cm³/mol. The van der Waals surface area contributed by atoms with Crippen LogP contribution in [-0.2, 0) is 11.3 Å². The maximum absolute atomic E-state index is 13.0. The number of hydrogen-bond donors (Lipinski definition) is 1. The third kappa shape index (κ3) is 6.46. The van der Waals surface area contributed by atoms with Crippen molar-refractivity contribution in [2.45, 2.75) is 58.9 Å². The Morgan fingerprint density at radius 2 is 1.66 bits per heavy atom. The highest BCUT2D eigenvalue weighted by Gasteiger charge is 2.17. The van der Waals surface area contributed by atoms with Crippen molar-refractivity contribution in [1.82, 2.24) is 9.55 Å². The molecule has 2 aromatic carbocycles. The Bertz CT molecular complexity index is 938. The summed E-state index contributed by atoms with van der Waals surface area (Å²) in [6, 6.07) is 16.7. The van der Waals surface area contributed by atoms with Crippen LogP contribution in [0.1, 0.15) is 63.5 Å².